The molecular formula is C10H10N4O2S2. The predicted octanol–water partition coefficient (Wildman–Crippen LogP) is 1.06. The summed E-state index contributed by atoms with van der Waals surface area (Å²) in [6, 6.07) is 7.63. The van der Waals surface area contributed by atoms with E-state index >= 15 is 0 Å². The lowest BCUT2D eigenvalue weighted by Gasteiger charge is -2.05. The highest BCUT2D eigenvalue weighted by atomic mass is 32.2. The van der Waals surface area contributed by atoms with E-state index in [1.165, 1.54) is 11.3 Å². The number of aliphatic carboxylic acids is 1. The predicted molar refractivity (Wildman–Crippen MR) is 71.6 cm³/mol. The highest BCUT2D eigenvalue weighted by Crippen LogP contribution is 2.32. The molecule has 0 saturated carbocycles. The first kappa shape index (κ1) is 12.7. The Morgan fingerprint density at radius 2 is 2.17 bits per heavy atom. The molecule has 0 amide bonds. The zero-order chi connectivity index (χ0) is 13.1. The van der Waals surface area contributed by atoms with E-state index in [0.29, 0.717) is 4.34 Å². The second-order valence-corrected chi connectivity index (χ2v) is 5.53. The Balaban J connectivity index is 2.32. The van der Waals surface area contributed by atoms with Crippen molar-refractivity contribution in [3.8, 4) is 0 Å². The lowest BCUT2D eigenvalue weighted by atomic mass is 10.3. The summed E-state index contributed by atoms with van der Waals surface area (Å²) >= 11 is 2.54. The van der Waals surface area contributed by atoms with Crippen molar-refractivity contribution in [3.63, 3.8) is 0 Å². The molecule has 0 unspecified atom stereocenters. The van der Waals surface area contributed by atoms with Gasteiger partial charge in [0.15, 0.2) is 4.34 Å². The molecule has 0 radical (unpaired) electrons. The summed E-state index contributed by atoms with van der Waals surface area (Å²) in [4.78, 5) is 15.1. The van der Waals surface area contributed by atoms with Crippen LogP contribution in [0.4, 0.5) is 0 Å². The zero-order valence-corrected chi connectivity index (χ0v) is 10.7. The maximum Gasteiger partial charge on any atom is 0.354 e. The summed E-state index contributed by atoms with van der Waals surface area (Å²) in [6.07, 6.45) is 0. The lowest BCUT2D eigenvalue weighted by molar-refractivity contribution is -0.132. The summed E-state index contributed by atoms with van der Waals surface area (Å²) in [6.45, 7) is 0. The van der Waals surface area contributed by atoms with E-state index in [2.05, 4.69) is 10.4 Å². The number of nitrogens with one attached hydrogen (secondary N) is 1. The van der Waals surface area contributed by atoms with Gasteiger partial charge in [-0.1, -0.05) is 12.1 Å². The minimum absolute atomic E-state index is 0.168. The first-order valence-electron chi connectivity index (χ1n) is 4.85. The van der Waals surface area contributed by atoms with Crippen molar-refractivity contribution in [1.82, 2.24) is 10.4 Å². The van der Waals surface area contributed by atoms with Gasteiger partial charge in [0.2, 0.25) is 0 Å². The summed E-state index contributed by atoms with van der Waals surface area (Å²) in [5.41, 5.74) is 8.21. The van der Waals surface area contributed by atoms with E-state index in [1.807, 2.05) is 24.3 Å². The molecule has 94 valence electrons. The number of hydrogen-bond acceptors (Lipinski definition) is 7. The number of thiazole rings is 1. The third-order valence-corrected chi connectivity index (χ3v) is 4.21. The minimum atomic E-state index is -1.23. The summed E-state index contributed by atoms with van der Waals surface area (Å²) < 4.78 is 1.69. The van der Waals surface area contributed by atoms with Gasteiger partial charge in [0, 0.05) is 0 Å². The molecular weight excluding hydrogens is 272 g/mol. The molecule has 8 heteroatoms. The van der Waals surface area contributed by atoms with Crippen LogP contribution in [0.25, 0.3) is 10.2 Å². The number of rotatable bonds is 4. The van der Waals surface area contributed by atoms with Crippen molar-refractivity contribution in [2.75, 3.05) is 0 Å². The van der Waals surface area contributed by atoms with Crippen LogP contribution in [0.15, 0.2) is 39.3 Å². The van der Waals surface area contributed by atoms with E-state index in [1.54, 1.807) is 0 Å². The van der Waals surface area contributed by atoms with Gasteiger partial charge < -0.3 is 16.3 Å². The number of nitrogens with two attached hydrogens (primary N) is 2. The number of benzene rings is 1. The van der Waals surface area contributed by atoms with Gasteiger partial charge in [-0.05, 0) is 23.9 Å². The van der Waals surface area contributed by atoms with Crippen LogP contribution in [0.3, 0.4) is 0 Å². The first-order chi connectivity index (χ1) is 8.61. The van der Waals surface area contributed by atoms with Gasteiger partial charge >= 0.3 is 5.97 Å². The standard InChI is InChI=1S/C10H10N4O2S2/c11-7(9(15)16)8(14-12)18-10-13-5-3-1-2-4-6(5)17-10/h1-4,14H,11-12H2,(H,15,16)/b8-7+. The molecule has 0 aliphatic carbocycles. The van der Waals surface area contributed by atoms with E-state index in [9.17, 15) is 4.79 Å². The van der Waals surface area contributed by atoms with Crippen LogP contribution in [0, 0.1) is 0 Å². The number of carboxylic acid groups (broad SMARTS) is 1. The molecule has 0 fully saturated rings. The van der Waals surface area contributed by atoms with Crippen molar-refractivity contribution >= 4 is 39.3 Å². The maximum atomic E-state index is 10.8. The van der Waals surface area contributed by atoms with Crippen molar-refractivity contribution in [2.24, 2.45) is 11.6 Å². The summed E-state index contributed by atoms with van der Waals surface area (Å²) in [7, 11) is 0. The average Bonchev–Trinajstić information content (AvgIpc) is 2.77. The molecule has 0 bridgehead atoms. The van der Waals surface area contributed by atoms with Gasteiger partial charge in [0.05, 0.1) is 10.2 Å². The van der Waals surface area contributed by atoms with Gasteiger partial charge in [-0.25, -0.2) is 15.6 Å². The molecule has 2 rings (SSSR count). The molecule has 6 N–H and O–H groups in total. The van der Waals surface area contributed by atoms with Crippen LogP contribution in [0.2, 0.25) is 0 Å². The van der Waals surface area contributed by atoms with E-state index < -0.39 is 5.97 Å². The molecule has 6 nitrogen and oxygen atoms in total. The molecule has 18 heavy (non-hydrogen) atoms. The molecule has 0 spiro atoms. The SMILES string of the molecule is NN/C(Sc1nc2ccccc2s1)=C(\N)C(=O)O. The third kappa shape index (κ3) is 2.55. The van der Waals surface area contributed by atoms with Crippen molar-refractivity contribution in [2.45, 2.75) is 4.34 Å². The van der Waals surface area contributed by atoms with E-state index in [4.69, 9.17) is 16.7 Å². The van der Waals surface area contributed by atoms with E-state index in [0.717, 1.165) is 22.0 Å². The number of thioether (sulfide) groups is 1. The number of carbonyl (C=O) groups is 1. The van der Waals surface area contributed by atoms with Crippen LogP contribution in [0.1, 0.15) is 0 Å². The Hall–Kier alpha value is -1.77. The van der Waals surface area contributed by atoms with Crippen LogP contribution >= 0.6 is 23.1 Å². The smallest absolute Gasteiger partial charge is 0.354 e. The van der Waals surface area contributed by atoms with Crippen LogP contribution < -0.4 is 17.0 Å². The Morgan fingerprint density at radius 3 is 2.78 bits per heavy atom. The topological polar surface area (TPSA) is 114 Å². The van der Waals surface area contributed by atoms with Gasteiger partial charge in [-0.2, -0.15) is 0 Å². The number of fused-ring (bicyclic) bond motifs is 1. The average molecular weight is 282 g/mol. The Kier molecular flexibility index (Phi) is 3.70. The van der Waals surface area contributed by atoms with Crippen molar-refractivity contribution < 1.29 is 9.90 Å². The molecule has 0 saturated heterocycles. The first-order valence-corrected chi connectivity index (χ1v) is 6.48. The number of aromatic nitrogens is 1. The minimum Gasteiger partial charge on any atom is -0.477 e. The van der Waals surface area contributed by atoms with Crippen molar-refractivity contribution in [3.05, 3.63) is 35.0 Å². The van der Waals surface area contributed by atoms with E-state index in [-0.39, 0.29) is 10.7 Å². The fourth-order valence-electron chi connectivity index (χ4n) is 1.24. The van der Waals surface area contributed by atoms with Crippen LogP contribution in [-0.2, 0) is 4.79 Å². The molecule has 2 aromatic rings. The molecule has 0 atom stereocenters. The van der Waals surface area contributed by atoms with Gasteiger partial charge in [-0.3, -0.25) is 0 Å². The molecule has 1 aromatic heterocycles. The zero-order valence-electron chi connectivity index (χ0n) is 9.08. The number of hydrogen-bond donors (Lipinski definition) is 4. The Morgan fingerprint density at radius 1 is 1.44 bits per heavy atom. The third-order valence-electron chi connectivity index (χ3n) is 2.07. The number of hydrazine groups is 1. The quantitative estimate of drug-likeness (QED) is 0.287. The molecule has 0 aliphatic heterocycles. The number of carboxylic acids is 1. The molecule has 1 aromatic carbocycles. The molecule has 0 aliphatic rings. The van der Waals surface area contributed by atoms with Gasteiger partial charge in [0.1, 0.15) is 10.7 Å². The lowest BCUT2D eigenvalue weighted by Crippen LogP contribution is -2.26. The highest BCUT2D eigenvalue weighted by molar-refractivity contribution is 8.04. The highest BCUT2D eigenvalue weighted by Gasteiger charge is 2.13. The van der Waals surface area contributed by atoms with Crippen molar-refractivity contribution in [1.29, 1.82) is 0 Å². The largest absolute Gasteiger partial charge is 0.477 e. The Bertz CT molecular complexity index is 590. The van der Waals surface area contributed by atoms with Crippen LogP contribution in [-0.4, -0.2) is 16.1 Å². The summed E-state index contributed by atoms with van der Waals surface area (Å²) in [5, 5.41) is 8.96. The second-order valence-electron chi connectivity index (χ2n) is 3.24. The van der Waals surface area contributed by atoms with Crippen LogP contribution in [0.5, 0.6) is 0 Å². The number of nitrogens with zero attached hydrogens (tertiary/aromatic N) is 1. The fraction of sp³-hybridized carbons (Fsp3) is 0. The second kappa shape index (κ2) is 5.25. The molecule has 1 heterocycles. The maximum absolute atomic E-state index is 10.8. The van der Waals surface area contributed by atoms with Gasteiger partial charge in [0.25, 0.3) is 0 Å². The monoisotopic (exact) mass is 282 g/mol. The van der Waals surface area contributed by atoms with Gasteiger partial charge in [-0.15, -0.1) is 11.3 Å². The number of para-hydroxylation sites is 1. The Labute approximate surface area is 111 Å². The fourth-order valence-corrected chi connectivity index (χ4v) is 3.20. The normalized spacial score (nSPS) is 12.3. The summed E-state index contributed by atoms with van der Waals surface area (Å²) in [5.74, 6) is 4.03.